The van der Waals surface area contributed by atoms with Gasteiger partial charge in [0.05, 0.1) is 6.61 Å². The smallest absolute Gasteiger partial charge is 0.159 e. The maximum Gasteiger partial charge on any atom is 0.159 e. The fourth-order valence-electron chi connectivity index (χ4n) is 1.10. The van der Waals surface area contributed by atoms with Gasteiger partial charge in [-0.05, 0) is 25.5 Å². The molecule has 0 fully saturated rings. The zero-order valence-corrected chi connectivity index (χ0v) is 9.93. The molecule has 0 saturated carbocycles. The van der Waals surface area contributed by atoms with Crippen LogP contribution in [0.1, 0.15) is 29.8 Å². The summed E-state index contributed by atoms with van der Waals surface area (Å²) < 4.78 is 6.22. The summed E-state index contributed by atoms with van der Waals surface area (Å²) in [6.07, 6.45) is 0. The van der Waals surface area contributed by atoms with Crippen molar-refractivity contribution in [1.29, 1.82) is 0 Å². The van der Waals surface area contributed by atoms with Crippen molar-refractivity contribution in [3.63, 3.8) is 0 Å². The Morgan fingerprint density at radius 1 is 1.50 bits per heavy atom. The zero-order valence-electron chi connectivity index (χ0n) is 8.34. The maximum atomic E-state index is 11.1. The predicted octanol–water partition coefficient (Wildman–Crippen LogP) is 3.19. The molecular weight excluding hydrogens is 244 g/mol. The summed E-state index contributed by atoms with van der Waals surface area (Å²) in [6, 6.07) is 5.56. The standard InChI is InChI=1S/C11H13BrO2/c1-3-14-7-10-5-4-9(8(2)13)6-11(10)12/h4-6H,3,7H2,1-2H3. The Labute approximate surface area is 92.4 Å². The molecule has 0 unspecified atom stereocenters. The number of ether oxygens (including phenoxy) is 1. The summed E-state index contributed by atoms with van der Waals surface area (Å²) in [4.78, 5) is 11.1. The molecule has 0 N–H and O–H groups in total. The van der Waals surface area contributed by atoms with Gasteiger partial charge in [-0.3, -0.25) is 4.79 Å². The molecular formula is C11H13BrO2. The van der Waals surface area contributed by atoms with Crippen LogP contribution in [0.25, 0.3) is 0 Å². The van der Waals surface area contributed by atoms with Crippen LogP contribution in [0, 0.1) is 0 Å². The summed E-state index contributed by atoms with van der Waals surface area (Å²) >= 11 is 3.41. The van der Waals surface area contributed by atoms with Crippen LogP contribution < -0.4 is 0 Å². The Balaban J connectivity index is 2.84. The summed E-state index contributed by atoms with van der Waals surface area (Å²) in [7, 11) is 0. The van der Waals surface area contributed by atoms with E-state index in [1.165, 1.54) is 0 Å². The van der Waals surface area contributed by atoms with Crippen LogP contribution in [0.2, 0.25) is 0 Å². The van der Waals surface area contributed by atoms with Gasteiger partial charge in [0.2, 0.25) is 0 Å². The molecule has 3 heteroatoms. The highest BCUT2D eigenvalue weighted by Gasteiger charge is 2.04. The fourth-order valence-corrected chi connectivity index (χ4v) is 1.59. The summed E-state index contributed by atoms with van der Waals surface area (Å²) in [5.74, 6) is 0.0775. The Hall–Kier alpha value is -0.670. The van der Waals surface area contributed by atoms with Gasteiger partial charge >= 0.3 is 0 Å². The van der Waals surface area contributed by atoms with Gasteiger partial charge in [0.1, 0.15) is 0 Å². The lowest BCUT2D eigenvalue weighted by Crippen LogP contribution is -1.96. The molecule has 0 heterocycles. The van der Waals surface area contributed by atoms with Crippen molar-refractivity contribution >= 4 is 21.7 Å². The third-order valence-corrected chi connectivity index (χ3v) is 2.66. The van der Waals surface area contributed by atoms with Crippen LogP contribution in [-0.4, -0.2) is 12.4 Å². The first-order valence-electron chi connectivity index (χ1n) is 4.52. The lowest BCUT2D eigenvalue weighted by atomic mass is 10.1. The lowest BCUT2D eigenvalue weighted by Gasteiger charge is -2.05. The molecule has 14 heavy (non-hydrogen) atoms. The van der Waals surface area contributed by atoms with Gasteiger partial charge in [-0.25, -0.2) is 0 Å². The van der Waals surface area contributed by atoms with Crippen LogP contribution in [-0.2, 0) is 11.3 Å². The molecule has 1 aromatic carbocycles. The Kier molecular flexibility index (Phi) is 4.29. The van der Waals surface area contributed by atoms with Crippen LogP contribution in [0.3, 0.4) is 0 Å². The van der Waals surface area contributed by atoms with Crippen molar-refractivity contribution in [2.24, 2.45) is 0 Å². The average molecular weight is 257 g/mol. The van der Waals surface area contributed by atoms with Gasteiger partial charge in [0.25, 0.3) is 0 Å². The van der Waals surface area contributed by atoms with Crippen molar-refractivity contribution < 1.29 is 9.53 Å². The summed E-state index contributed by atoms with van der Waals surface area (Å²) in [6.45, 7) is 4.79. The van der Waals surface area contributed by atoms with Crippen LogP contribution in [0.5, 0.6) is 0 Å². The molecule has 0 amide bonds. The third-order valence-electron chi connectivity index (χ3n) is 1.92. The molecule has 0 bridgehead atoms. The SMILES string of the molecule is CCOCc1ccc(C(C)=O)cc1Br. The Morgan fingerprint density at radius 3 is 2.71 bits per heavy atom. The summed E-state index contributed by atoms with van der Waals surface area (Å²) in [5, 5.41) is 0. The van der Waals surface area contributed by atoms with E-state index in [0.717, 1.165) is 15.6 Å². The highest BCUT2D eigenvalue weighted by Crippen LogP contribution is 2.19. The molecule has 1 rings (SSSR count). The molecule has 0 spiro atoms. The van der Waals surface area contributed by atoms with Crippen molar-refractivity contribution in [3.8, 4) is 0 Å². The van der Waals surface area contributed by atoms with Crippen molar-refractivity contribution in [2.45, 2.75) is 20.5 Å². The molecule has 0 radical (unpaired) electrons. The van der Waals surface area contributed by atoms with E-state index in [-0.39, 0.29) is 5.78 Å². The molecule has 0 aliphatic heterocycles. The van der Waals surface area contributed by atoms with E-state index >= 15 is 0 Å². The van der Waals surface area contributed by atoms with Crippen LogP contribution >= 0.6 is 15.9 Å². The van der Waals surface area contributed by atoms with Crippen molar-refractivity contribution in [1.82, 2.24) is 0 Å². The number of benzene rings is 1. The first kappa shape index (κ1) is 11.4. The van der Waals surface area contributed by atoms with Crippen LogP contribution in [0.4, 0.5) is 0 Å². The number of carbonyl (C=O) groups is 1. The molecule has 0 atom stereocenters. The van der Waals surface area contributed by atoms with E-state index in [1.54, 1.807) is 6.92 Å². The molecule has 2 nitrogen and oxygen atoms in total. The van der Waals surface area contributed by atoms with E-state index in [2.05, 4.69) is 15.9 Å². The minimum atomic E-state index is 0.0775. The predicted molar refractivity (Wildman–Crippen MR) is 59.5 cm³/mol. The molecule has 76 valence electrons. The topological polar surface area (TPSA) is 26.3 Å². The minimum absolute atomic E-state index is 0.0775. The second-order valence-electron chi connectivity index (χ2n) is 3.00. The second-order valence-corrected chi connectivity index (χ2v) is 3.85. The molecule has 1 aromatic rings. The van der Waals surface area contributed by atoms with Gasteiger partial charge in [-0.1, -0.05) is 28.1 Å². The molecule has 0 aromatic heterocycles. The zero-order chi connectivity index (χ0) is 10.6. The first-order chi connectivity index (χ1) is 6.65. The van der Waals surface area contributed by atoms with E-state index in [4.69, 9.17) is 4.74 Å². The van der Waals surface area contributed by atoms with E-state index in [0.29, 0.717) is 13.2 Å². The third kappa shape index (κ3) is 2.93. The Bertz CT molecular complexity index is 334. The van der Waals surface area contributed by atoms with E-state index < -0.39 is 0 Å². The largest absolute Gasteiger partial charge is 0.377 e. The normalized spacial score (nSPS) is 10.2. The average Bonchev–Trinajstić information content (AvgIpc) is 2.15. The first-order valence-corrected chi connectivity index (χ1v) is 5.31. The monoisotopic (exact) mass is 256 g/mol. The van der Waals surface area contributed by atoms with E-state index in [9.17, 15) is 4.79 Å². The molecule has 0 saturated heterocycles. The second kappa shape index (κ2) is 5.27. The van der Waals surface area contributed by atoms with Gasteiger partial charge in [-0.15, -0.1) is 0 Å². The van der Waals surface area contributed by atoms with Gasteiger partial charge < -0.3 is 4.74 Å². The number of hydrogen-bond acceptors (Lipinski definition) is 2. The van der Waals surface area contributed by atoms with Gasteiger partial charge in [-0.2, -0.15) is 0 Å². The van der Waals surface area contributed by atoms with Crippen molar-refractivity contribution in [3.05, 3.63) is 33.8 Å². The lowest BCUT2D eigenvalue weighted by molar-refractivity contribution is 0.101. The maximum absolute atomic E-state index is 11.1. The Morgan fingerprint density at radius 2 is 2.21 bits per heavy atom. The number of ketones is 1. The number of hydrogen-bond donors (Lipinski definition) is 0. The molecule has 0 aliphatic rings. The van der Waals surface area contributed by atoms with Crippen molar-refractivity contribution in [2.75, 3.05) is 6.61 Å². The molecule has 0 aliphatic carbocycles. The minimum Gasteiger partial charge on any atom is -0.377 e. The van der Waals surface area contributed by atoms with Gasteiger partial charge in [0, 0.05) is 16.6 Å². The number of rotatable bonds is 4. The highest BCUT2D eigenvalue weighted by molar-refractivity contribution is 9.10. The number of carbonyl (C=O) groups excluding carboxylic acids is 1. The number of halogens is 1. The quantitative estimate of drug-likeness (QED) is 0.774. The van der Waals surface area contributed by atoms with Gasteiger partial charge in [0.15, 0.2) is 5.78 Å². The highest BCUT2D eigenvalue weighted by atomic mass is 79.9. The number of Topliss-reactive ketones (excluding diaryl/α,β-unsaturated/α-hetero) is 1. The summed E-state index contributed by atoms with van der Waals surface area (Å²) in [5.41, 5.74) is 1.79. The van der Waals surface area contributed by atoms with E-state index in [1.807, 2.05) is 25.1 Å². The van der Waals surface area contributed by atoms with Crippen LogP contribution in [0.15, 0.2) is 22.7 Å². The fraction of sp³-hybridized carbons (Fsp3) is 0.364.